The Labute approximate surface area is 119 Å². The van der Waals surface area contributed by atoms with Crippen LogP contribution in [0.3, 0.4) is 0 Å². The van der Waals surface area contributed by atoms with Crippen molar-refractivity contribution in [3.63, 3.8) is 0 Å². The molecular formula is C17H19NO2. The molecule has 3 nitrogen and oxygen atoms in total. The van der Waals surface area contributed by atoms with E-state index < -0.39 is 0 Å². The Morgan fingerprint density at radius 3 is 2.50 bits per heavy atom. The van der Waals surface area contributed by atoms with Gasteiger partial charge in [-0.05, 0) is 31.5 Å². The van der Waals surface area contributed by atoms with Crippen molar-refractivity contribution < 1.29 is 9.53 Å². The van der Waals surface area contributed by atoms with Crippen molar-refractivity contribution in [2.24, 2.45) is 0 Å². The van der Waals surface area contributed by atoms with Gasteiger partial charge in [0.15, 0.2) is 0 Å². The fraction of sp³-hybridized carbons (Fsp3) is 0.235. The maximum absolute atomic E-state index is 12.2. The quantitative estimate of drug-likeness (QED) is 0.904. The molecule has 0 bridgehead atoms. The van der Waals surface area contributed by atoms with Crippen molar-refractivity contribution in [3.8, 4) is 5.75 Å². The van der Waals surface area contributed by atoms with Crippen LogP contribution >= 0.6 is 0 Å². The highest BCUT2D eigenvalue weighted by Gasteiger charge is 2.11. The number of nitrogens with one attached hydrogen (secondary N) is 1. The Morgan fingerprint density at radius 2 is 1.80 bits per heavy atom. The molecule has 0 aromatic heterocycles. The third kappa shape index (κ3) is 3.60. The third-order valence-electron chi connectivity index (χ3n) is 3.01. The zero-order chi connectivity index (χ0) is 14.4. The molecule has 2 aromatic carbocycles. The van der Waals surface area contributed by atoms with Gasteiger partial charge in [0, 0.05) is 6.54 Å². The lowest BCUT2D eigenvalue weighted by Gasteiger charge is -2.10. The van der Waals surface area contributed by atoms with Gasteiger partial charge in [0.25, 0.3) is 5.91 Å². The average Bonchev–Trinajstić information content (AvgIpc) is 2.47. The number of ether oxygens (including phenoxy) is 1. The van der Waals surface area contributed by atoms with Crippen molar-refractivity contribution in [1.82, 2.24) is 5.32 Å². The molecule has 2 aromatic rings. The van der Waals surface area contributed by atoms with Crippen LogP contribution in [0.4, 0.5) is 0 Å². The Kier molecular flexibility index (Phi) is 4.77. The maximum Gasteiger partial charge on any atom is 0.255 e. The second kappa shape index (κ2) is 6.75. The fourth-order valence-corrected chi connectivity index (χ4v) is 1.92. The van der Waals surface area contributed by atoms with Gasteiger partial charge in [-0.2, -0.15) is 0 Å². The molecular weight excluding hydrogens is 250 g/mol. The number of aryl methyl sites for hydroxylation is 1. The van der Waals surface area contributed by atoms with Crippen molar-refractivity contribution in [1.29, 1.82) is 0 Å². The summed E-state index contributed by atoms with van der Waals surface area (Å²) in [4.78, 5) is 12.2. The molecule has 0 unspecified atom stereocenters. The van der Waals surface area contributed by atoms with Gasteiger partial charge in [0.2, 0.25) is 0 Å². The first-order chi connectivity index (χ1) is 9.70. The second-order valence-corrected chi connectivity index (χ2v) is 4.60. The first-order valence-electron chi connectivity index (χ1n) is 6.76. The van der Waals surface area contributed by atoms with E-state index in [2.05, 4.69) is 5.32 Å². The molecule has 0 aliphatic rings. The summed E-state index contributed by atoms with van der Waals surface area (Å²) in [5.41, 5.74) is 2.86. The van der Waals surface area contributed by atoms with E-state index >= 15 is 0 Å². The Balaban J connectivity index is 2.03. The summed E-state index contributed by atoms with van der Waals surface area (Å²) in [7, 11) is 0. The summed E-state index contributed by atoms with van der Waals surface area (Å²) in [6.07, 6.45) is 0. The molecule has 0 aliphatic carbocycles. The minimum Gasteiger partial charge on any atom is -0.493 e. The standard InChI is InChI=1S/C17H19NO2/c1-3-20-16-7-5-4-6-15(16)17(19)18-12-14-10-8-13(2)9-11-14/h4-11H,3,12H2,1-2H3,(H,18,19). The molecule has 0 spiro atoms. The van der Waals surface area contributed by atoms with E-state index in [1.807, 2.05) is 56.3 Å². The normalized spacial score (nSPS) is 10.1. The van der Waals surface area contributed by atoms with Crippen LogP contribution in [0.1, 0.15) is 28.4 Å². The number of benzene rings is 2. The van der Waals surface area contributed by atoms with Crippen molar-refractivity contribution in [2.75, 3.05) is 6.61 Å². The summed E-state index contributed by atoms with van der Waals surface area (Å²) in [6.45, 7) is 5.00. The van der Waals surface area contributed by atoms with Crippen LogP contribution in [0.25, 0.3) is 0 Å². The minimum atomic E-state index is -0.116. The van der Waals surface area contributed by atoms with Crippen LogP contribution in [0.2, 0.25) is 0 Å². The molecule has 0 saturated heterocycles. The number of amides is 1. The molecule has 0 aliphatic heterocycles. The molecule has 3 heteroatoms. The molecule has 1 amide bonds. The molecule has 0 atom stereocenters. The highest BCUT2D eigenvalue weighted by Crippen LogP contribution is 2.17. The molecule has 0 radical (unpaired) electrons. The van der Waals surface area contributed by atoms with E-state index in [1.165, 1.54) is 5.56 Å². The topological polar surface area (TPSA) is 38.3 Å². The molecule has 0 fully saturated rings. The summed E-state index contributed by atoms with van der Waals surface area (Å²) in [5, 5.41) is 2.91. The monoisotopic (exact) mass is 269 g/mol. The highest BCUT2D eigenvalue weighted by molar-refractivity contribution is 5.96. The van der Waals surface area contributed by atoms with Gasteiger partial charge in [0.05, 0.1) is 12.2 Å². The zero-order valence-electron chi connectivity index (χ0n) is 11.8. The zero-order valence-corrected chi connectivity index (χ0v) is 11.8. The molecule has 1 N–H and O–H groups in total. The van der Waals surface area contributed by atoms with E-state index in [1.54, 1.807) is 6.07 Å². The average molecular weight is 269 g/mol. The van der Waals surface area contributed by atoms with E-state index in [0.29, 0.717) is 24.5 Å². The van der Waals surface area contributed by atoms with Crippen LogP contribution in [-0.4, -0.2) is 12.5 Å². The van der Waals surface area contributed by atoms with E-state index in [-0.39, 0.29) is 5.91 Å². The van der Waals surface area contributed by atoms with Crippen LogP contribution in [0, 0.1) is 6.92 Å². The van der Waals surface area contributed by atoms with Gasteiger partial charge in [-0.3, -0.25) is 4.79 Å². The predicted molar refractivity (Wildman–Crippen MR) is 80.0 cm³/mol. The lowest BCUT2D eigenvalue weighted by atomic mass is 10.1. The van der Waals surface area contributed by atoms with E-state index in [9.17, 15) is 4.79 Å². The van der Waals surface area contributed by atoms with E-state index in [4.69, 9.17) is 4.74 Å². The van der Waals surface area contributed by atoms with Gasteiger partial charge in [-0.25, -0.2) is 0 Å². The van der Waals surface area contributed by atoms with Gasteiger partial charge < -0.3 is 10.1 Å². The van der Waals surface area contributed by atoms with Crippen LogP contribution in [0.15, 0.2) is 48.5 Å². The number of carbonyl (C=O) groups is 1. The lowest BCUT2D eigenvalue weighted by Crippen LogP contribution is -2.23. The smallest absolute Gasteiger partial charge is 0.255 e. The number of carbonyl (C=O) groups excluding carboxylic acids is 1. The highest BCUT2D eigenvalue weighted by atomic mass is 16.5. The maximum atomic E-state index is 12.2. The summed E-state index contributed by atoms with van der Waals surface area (Å²) < 4.78 is 5.47. The predicted octanol–water partition coefficient (Wildman–Crippen LogP) is 3.32. The fourth-order valence-electron chi connectivity index (χ4n) is 1.92. The molecule has 20 heavy (non-hydrogen) atoms. The largest absolute Gasteiger partial charge is 0.493 e. The number of para-hydroxylation sites is 1. The minimum absolute atomic E-state index is 0.116. The molecule has 0 saturated carbocycles. The first kappa shape index (κ1) is 14.1. The second-order valence-electron chi connectivity index (χ2n) is 4.60. The Morgan fingerprint density at radius 1 is 1.10 bits per heavy atom. The molecule has 0 heterocycles. The van der Waals surface area contributed by atoms with Crippen LogP contribution in [0.5, 0.6) is 5.75 Å². The summed E-state index contributed by atoms with van der Waals surface area (Å²) in [6, 6.07) is 15.4. The van der Waals surface area contributed by atoms with Gasteiger partial charge in [-0.1, -0.05) is 42.0 Å². The third-order valence-corrected chi connectivity index (χ3v) is 3.01. The van der Waals surface area contributed by atoms with E-state index in [0.717, 1.165) is 5.56 Å². The number of hydrogen-bond acceptors (Lipinski definition) is 2. The molecule has 2 rings (SSSR count). The first-order valence-corrected chi connectivity index (χ1v) is 6.76. The summed E-state index contributed by atoms with van der Waals surface area (Å²) in [5.74, 6) is 0.506. The van der Waals surface area contributed by atoms with Gasteiger partial charge in [0.1, 0.15) is 5.75 Å². The van der Waals surface area contributed by atoms with Gasteiger partial charge >= 0.3 is 0 Å². The summed E-state index contributed by atoms with van der Waals surface area (Å²) >= 11 is 0. The SMILES string of the molecule is CCOc1ccccc1C(=O)NCc1ccc(C)cc1. The lowest BCUT2D eigenvalue weighted by molar-refractivity contribution is 0.0947. The van der Waals surface area contributed by atoms with Gasteiger partial charge in [-0.15, -0.1) is 0 Å². The Hall–Kier alpha value is -2.29. The number of hydrogen-bond donors (Lipinski definition) is 1. The van der Waals surface area contributed by atoms with Crippen LogP contribution in [-0.2, 0) is 6.54 Å². The number of rotatable bonds is 5. The van der Waals surface area contributed by atoms with Crippen molar-refractivity contribution >= 4 is 5.91 Å². The van der Waals surface area contributed by atoms with Crippen LogP contribution < -0.4 is 10.1 Å². The molecule has 104 valence electrons. The van der Waals surface area contributed by atoms with Crippen molar-refractivity contribution in [3.05, 3.63) is 65.2 Å². The Bertz CT molecular complexity index is 576. The van der Waals surface area contributed by atoms with Crippen molar-refractivity contribution in [2.45, 2.75) is 20.4 Å².